The van der Waals surface area contributed by atoms with E-state index in [1.807, 2.05) is 0 Å². The first-order chi connectivity index (χ1) is 13.1. The minimum absolute atomic E-state index is 0. The van der Waals surface area contributed by atoms with Gasteiger partial charge in [0.05, 0.1) is 27.4 Å². The summed E-state index contributed by atoms with van der Waals surface area (Å²) in [4.78, 5) is 9.38. The van der Waals surface area contributed by atoms with Crippen molar-refractivity contribution in [3.63, 3.8) is 0 Å². The van der Waals surface area contributed by atoms with E-state index in [9.17, 15) is 0 Å². The molecule has 0 radical (unpaired) electrons. The highest BCUT2D eigenvalue weighted by Crippen LogP contribution is 2.33. The van der Waals surface area contributed by atoms with Crippen LogP contribution in [-0.4, -0.2) is 83.5 Å². The van der Waals surface area contributed by atoms with Gasteiger partial charge in [0.25, 0.3) is 0 Å². The van der Waals surface area contributed by atoms with Crippen molar-refractivity contribution in [2.75, 3.05) is 67.7 Å². The Kier molecular flexibility index (Phi) is 11.6. The van der Waals surface area contributed by atoms with Gasteiger partial charge in [0.15, 0.2) is 17.5 Å². The average Bonchev–Trinajstić information content (AvgIpc) is 2.70. The Labute approximate surface area is 186 Å². The maximum atomic E-state index is 5.46. The highest BCUT2D eigenvalue weighted by molar-refractivity contribution is 14.0. The maximum Gasteiger partial charge on any atom is 0.194 e. The lowest BCUT2D eigenvalue weighted by Gasteiger charge is -2.32. The number of rotatable bonds is 9. The number of halogens is 1. The van der Waals surface area contributed by atoms with Crippen LogP contribution in [0.2, 0.25) is 0 Å². The molecule has 0 saturated carbocycles. The van der Waals surface area contributed by atoms with E-state index in [0.29, 0.717) is 0 Å². The number of nitrogens with zero attached hydrogens (tertiary/aromatic N) is 3. The first-order valence-corrected chi connectivity index (χ1v) is 9.57. The van der Waals surface area contributed by atoms with Crippen molar-refractivity contribution in [2.45, 2.75) is 19.9 Å². The van der Waals surface area contributed by atoms with Crippen LogP contribution in [0.1, 0.15) is 18.1 Å². The van der Waals surface area contributed by atoms with Crippen LogP contribution in [0.3, 0.4) is 0 Å². The van der Waals surface area contributed by atoms with Crippen molar-refractivity contribution in [1.29, 1.82) is 0 Å². The second kappa shape index (κ2) is 13.1. The van der Waals surface area contributed by atoms with Crippen LogP contribution < -0.4 is 14.8 Å². The van der Waals surface area contributed by atoms with Crippen LogP contribution >= 0.6 is 24.0 Å². The summed E-state index contributed by atoms with van der Waals surface area (Å²) >= 11 is 0. The molecule has 7 nitrogen and oxygen atoms in total. The third-order valence-corrected chi connectivity index (χ3v) is 4.77. The van der Waals surface area contributed by atoms with E-state index >= 15 is 0 Å². The highest BCUT2D eigenvalue weighted by atomic mass is 127. The summed E-state index contributed by atoms with van der Waals surface area (Å²) in [5, 5.41) is 3.43. The zero-order chi connectivity index (χ0) is 19.6. The molecule has 0 aromatic heterocycles. The molecule has 1 aliphatic heterocycles. The molecule has 28 heavy (non-hydrogen) atoms. The Hall–Kier alpha value is -1.26. The number of aliphatic imine (C=N–C) groups is 1. The molecule has 0 unspecified atom stereocenters. The van der Waals surface area contributed by atoms with Crippen molar-refractivity contribution in [3.05, 3.63) is 23.3 Å². The number of hydrogen-bond donors (Lipinski definition) is 1. The molecule has 0 atom stereocenters. The van der Waals surface area contributed by atoms with Gasteiger partial charge in [-0.2, -0.15) is 0 Å². The monoisotopic (exact) mass is 506 g/mol. The molecule has 1 N–H and O–H groups in total. The molecule has 0 amide bonds. The molecule has 2 rings (SSSR count). The first-order valence-electron chi connectivity index (χ1n) is 9.57. The van der Waals surface area contributed by atoms with Gasteiger partial charge >= 0.3 is 0 Å². The van der Waals surface area contributed by atoms with Crippen molar-refractivity contribution in [3.8, 4) is 11.5 Å². The Morgan fingerprint density at radius 1 is 1.14 bits per heavy atom. The molecule has 0 bridgehead atoms. The largest absolute Gasteiger partial charge is 0.493 e. The predicted molar refractivity (Wildman–Crippen MR) is 124 cm³/mol. The topological polar surface area (TPSA) is 58.6 Å². The van der Waals surface area contributed by atoms with Crippen LogP contribution in [0.4, 0.5) is 0 Å². The molecule has 0 aliphatic carbocycles. The lowest BCUT2D eigenvalue weighted by atomic mass is 9.99. The van der Waals surface area contributed by atoms with Crippen LogP contribution in [0.15, 0.2) is 17.1 Å². The van der Waals surface area contributed by atoms with E-state index in [1.54, 1.807) is 21.3 Å². The summed E-state index contributed by atoms with van der Waals surface area (Å²) in [5.41, 5.74) is 2.58. The maximum absolute atomic E-state index is 5.46. The Bertz CT molecular complexity index is 628. The van der Waals surface area contributed by atoms with Gasteiger partial charge in [-0.15, -0.1) is 24.0 Å². The summed E-state index contributed by atoms with van der Waals surface area (Å²) < 4.78 is 16.0. The quantitative estimate of drug-likeness (QED) is 0.315. The predicted octanol–water partition coefficient (Wildman–Crippen LogP) is 2.22. The number of nitrogens with one attached hydrogen (secondary N) is 1. The zero-order valence-electron chi connectivity index (χ0n) is 17.8. The van der Waals surface area contributed by atoms with Gasteiger partial charge in [-0.05, 0) is 43.7 Å². The van der Waals surface area contributed by atoms with Crippen LogP contribution in [0, 0.1) is 0 Å². The van der Waals surface area contributed by atoms with E-state index in [4.69, 9.17) is 19.2 Å². The van der Waals surface area contributed by atoms with Gasteiger partial charge < -0.3 is 29.3 Å². The fourth-order valence-corrected chi connectivity index (χ4v) is 3.18. The molecule has 1 aromatic rings. The lowest BCUT2D eigenvalue weighted by molar-refractivity contribution is 0.162. The summed E-state index contributed by atoms with van der Waals surface area (Å²) in [7, 11) is 7.18. The number of fused-ring (bicyclic) bond motifs is 1. The third kappa shape index (κ3) is 6.97. The van der Waals surface area contributed by atoms with Crippen LogP contribution in [0.5, 0.6) is 11.5 Å². The first kappa shape index (κ1) is 24.8. The standard InChI is InChI=1S/C20H34N4O3.HI/c1-6-21-20(22-8-10-23(2)11-12-25-3)24-9-7-16-13-18(26-4)19(27-5)14-17(16)15-24;/h13-14H,6-12,15H2,1-5H3,(H,21,22);1H. The van der Waals surface area contributed by atoms with Gasteiger partial charge in [0.1, 0.15) is 0 Å². The van der Waals surface area contributed by atoms with Crippen molar-refractivity contribution in [1.82, 2.24) is 15.1 Å². The molecule has 1 heterocycles. The SMILES string of the molecule is CCNC(=NCCN(C)CCOC)N1CCc2cc(OC)c(OC)cc2C1.I. The molecule has 160 valence electrons. The van der Waals surface area contributed by atoms with Crippen LogP contribution in [-0.2, 0) is 17.7 Å². The number of guanidine groups is 1. The van der Waals surface area contributed by atoms with Gasteiger partial charge in [-0.25, -0.2) is 0 Å². The number of methoxy groups -OCH3 is 3. The van der Waals surface area contributed by atoms with Crippen molar-refractivity contribution >= 4 is 29.9 Å². The molecule has 0 saturated heterocycles. The average molecular weight is 506 g/mol. The van der Waals surface area contributed by atoms with E-state index < -0.39 is 0 Å². The molecule has 1 aromatic carbocycles. The normalized spacial score (nSPS) is 13.8. The second-order valence-corrected chi connectivity index (χ2v) is 6.68. The fraction of sp³-hybridized carbons (Fsp3) is 0.650. The zero-order valence-corrected chi connectivity index (χ0v) is 20.1. The molecular weight excluding hydrogens is 471 g/mol. The van der Waals surface area contributed by atoms with E-state index in [-0.39, 0.29) is 24.0 Å². The van der Waals surface area contributed by atoms with Gasteiger partial charge in [0.2, 0.25) is 0 Å². The number of likely N-dealkylation sites (N-methyl/N-ethyl adjacent to an activating group) is 1. The summed E-state index contributed by atoms with van der Waals surface area (Å²) in [6.07, 6.45) is 0.966. The highest BCUT2D eigenvalue weighted by Gasteiger charge is 2.21. The minimum atomic E-state index is 0. The lowest BCUT2D eigenvalue weighted by Crippen LogP contribution is -2.44. The van der Waals surface area contributed by atoms with E-state index in [2.05, 4.69) is 41.2 Å². The molecule has 0 fully saturated rings. The van der Waals surface area contributed by atoms with Crippen molar-refractivity contribution < 1.29 is 14.2 Å². The van der Waals surface area contributed by atoms with Gasteiger partial charge in [-0.3, -0.25) is 4.99 Å². The van der Waals surface area contributed by atoms with Crippen LogP contribution in [0.25, 0.3) is 0 Å². The second-order valence-electron chi connectivity index (χ2n) is 6.68. The number of ether oxygens (including phenoxy) is 3. The van der Waals surface area contributed by atoms with E-state index in [1.165, 1.54) is 11.1 Å². The van der Waals surface area contributed by atoms with E-state index in [0.717, 1.165) is 69.8 Å². The molecule has 0 spiro atoms. The van der Waals surface area contributed by atoms with Gasteiger partial charge in [0, 0.05) is 39.8 Å². The fourth-order valence-electron chi connectivity index (χ4n) is 3.18. The Balaban J connectivity index is 0.00000392. The smallest absolute Gasteiger partial charge is 0.194 e. The Morgan fingerprint density at radius 3 is 2.43 bits per heavy atom. The third-order valence-electron chi connectivity index (χ3n) is 4.77. The summed E-state index contributed by atoms with van der Waals surface area (Å²) in [6, 6.07) is 4.18. The number of hydrogen-bond acceptors (Lipinski definition) is 5. The molecule has 1 aliphatic rings. The summed E-state index contributed by atoms with van der Waals surface area (Å²) in [6.45, 7) is 8.05. The molecular formula is C20H35IN4O3. The summed E-state index contributed by atoms with van der Waals surface area (Å²) in [5.74, 6) is 2.54. The molecule has 8 heteroatoms. The van der Waals surface area contributed by atoms with Gasteiger partial charge in [-0.1, -0.05) is 0 Å². The Morgan fingerprint density at radius 2 is 1.82 bits per heavy atom. The minimum Gasteiger partial charge on any atom is -0.493 e. The number of benzene rings is 1. The van der Waals surface area contributed by atoms with Crippen molar-refractivity contribution in [2.24, 2.45) is 4.99 Å².